The van der Waals surface area contributed by atoms with Gasteiger partial charge in [-0.2, -0.15) is 0 Å². The van der Waals surface area contributed by atoms with Crippen LogP contribution in [-0.4, -0.2) is 35.3 Å². The fourth-order valence-corrected chi connectivity index (χ4v) is 2.23. The van der Waals surface area contributed by atoms with E-state index < -0.39 is 0 Å². The molecular weight excluding hydrogens is 230 g/mol. The number of nitrogens with zero attached hydrogens (tertiary/aromatic N) is 1. The number of carbonyl (C=O) groups is 1. The van der Waals surface area contributed by atoms with E-state index in [1.807, 2.05) is 30.3 Å². The summed E-state index contributed by atoms with van der Waals surface area (Å²) in [5.41, 5.74) is 0.975. The van der Waals surface area contributed by atoms with E-state index in [0.717, 1.165) is 24.8 Å². The standard InChI is InChI=1S/C14H19NO3/c16-10-13-8-4-5-9-15(13)14(17)18-11-12-6-2-1-3-7-12/h1-3,6-7,13,16H,4-5,8-11H2. The largest absolute Gasteiger partial charge is 0.445 e. The quantitative estimate of drug-likeness (QED) is 0.893. The van der Waals surface area contributed by atoms with Crippen LogP contribution >= 0.6 is 0 Å². The summed E-state index contributed by atoms with van der Waals surface area (Å²) in [6, 6.07) is 9.53. The van der Waals surface area contributed by atoms with Crippen LogP contribution in [0.3, 0.4) is 0 Å². The highest BCUT2D eigenvalue weighted by Crippen LogP contribution is 2.18. The Balaban J connectivity index is 1.87. The normalized spacial score (nSPS) is 19.6. The predicted molar refractivity (Wildman–Crippen MR) is 68.1 cm³/mol. The van der Waals surface area contributed by atoms with Gasteiger partial charge in [0.2, 0.25) is 0 Å². The molecule has 1 aromatic rings. The SMILES string of the molecule is O=C(OCc1ccccc1)N1CCCCC1CO. The molecule has 98 valence electrons. The van der Waals surface area contributed by atoms with Crippen LogP contribution < -0.4 is 0 Å². The fraction of sp³-hybridized carbons (Fsp3) is 0.500. The molecule has 4 heteroatoms. The highest BCUT2D eigenvalue weighted by molar-refractivity contribution is 5.68. The van der Waals surface area contributed by atoms with Gasteiger partial charge in [0, 0.05) is 6.54 Å². The molecule has 1 fully saturated rings. The zero-order chi connectivity index (χ0) is 12.8. The number of likely N-dealkylation sites (tertiary alicyclic amines) is 1. The maximum atomic E-state index is 11.9. The van der Waals surface area contributed by atoms with Gasteiger partial charge in [-0.3, -0.25) is 0 Å². The Morgan fingerprint density at radius 3 is 2.83 bits per heavy atom. The van der Waals surface area contributed by atoms with Crippen LogP contribution in [0.25, 0.3) is 0 Å². The zero-order valence-electron chi connectivity index (χ0n) is 10.4. The highest BCUT2D eigenvalue weighted by Gasteiger charge is 2.27. The zero-order valence-corrected chi connectivity index (χ0v) is 10.4. The highest BCUT2D eigenvalue weighted by atomic mass is 16.6. The van der Waals surface area contributed by atoms with Crippen molar-refractivity contribution in [2.24, 2.45) is 0 Å². The van der Waals surface area contributed by atoms with Crippen LogP contribution in [0, 0.1) is 0 Å². The summed E-state index contributed by atoms with van der Waals surface area (Å²) < 4.78 is 5.28. The summed E-state index contributed by atoms with van der Waals surface area (Å²) in [5, 5.41) is 9.25. The van der Waals surface area contributed by atoms with Crippen molar-refractivity contribution in [3.05, 3.63) is 35.9 Å². The van der Waals surface area contributed by atoms with Crippen molar-refractivity contribution in [2.75, 3.05) is 13.2 Å². The van der Waals surface area contributed by atoms with Crippen molar-refractivity contribution >= 4 is 6.09 Å². The number of aliphatic hydroxyl groups excluding tert-OH is 1. The molecule has 1 unspecified atom stereocenters. The fourth-order valence-electron chi connectivity index (χ4n) is 2.23. The molecule has 0 spiro atoms. The molecule has 2 rings (SSSR count). The van der Waals surface area contributed by atoms with E-state index >= 15 is 0 Å². The van der Waals surface area contributed by atoms with Crippen LogP contribution in [0.5, 0.6) is 0 Å². The van der Waals surface area contributed by atoms with Crippen LogP contribution in [0.1, 0.15) is 24.8 Å². The third-order valence-corrected chi connectivity index (χ3v) is 3.28. The third kappa shape index (κ3) is 3.23. The average Bonchev–Trinajstić information content (AvgIpc) is 2.45. The summed E-state index contributed by atoms with van der Waals surface area (Å²) in [5.74, 6) is 0. The number of hydrogen-bond acceptors (Lipinski definition) is 3. The number of benzene rings is 1. The molecule has 1 atom stereocenters. The van der Waals surface area contributed by atoms with Gasteiger partial charge in [0.15, 0.2) is 0 Å². The van der Waals surface area contributed by atoms with Gasteiger partial charge in [0.1, 0.15) is 6.61 Å². The van der Waals surface area contributed by atoms with Crippen LogP contribution in [0.2, 0.25) is 0 Å². The average molecular weight is 249 g/mol. The van der Waals surface area contributed by atoms with Gasteiger partial charge in [-0.25, -0.2) is 4.79 Å². The molecule has 1 heterocycles. The van der Waals surface area contributed by atoms with E-state index in [4.69, 9.17) is 4.74 Å². The molecule has 1 aliphatic rings. The predicted octanol–water partition coefficient (Wildman–Crippen LogP) is 2.17. The second-order valence-electron chi connectivity index (χ2n) is 4.57. The van der Waals surface area contributed by atoms with E-state index in [1.54, 1.807) is 4.90 Å². The minimum absolute atomic E-state index is 0.0143. The number of hydrogen-bond donors (Lipinski definition) is 1. The lowest BCUT2D eigenvalue weighted by Gasteiger charge is -2.33. The van der Waals surface area contributed by atoms with E-state index in [0.29, 0.717) is 6.54 Å². The maximum Gasteiger partial charge on any atom is 0.410 e. The van der Waals surface area contributed by atoms with E-state index in [1.165, 1.54) is 0 Å². The van der Waals surface area contributed by atoms with Crippen molar-refractivity contribution in [1.29, 1.82) is 0 Å². The van der Waals surface area contributed by atoms with Gasteiger partial charge in [-0.1, -0.05) is 30.3 Å². The van der Waals surface area contributed by atoms with E-state index in [9.17, 15) is 9.90 Å². The minimum Gasteiger partial charge on any atom is -0.445 e. The molecule has 18 heavy (non-hydrogen) atoms. The lowest BCUT2D eigenvalue weighted by Crippen LogP contribution is -2.45. The summed E-state index contributed by atoms with van der Waals surface area (Å²) in [6.07, 6.45) is 2.58. The molecular formula is C14H19NO3. The molecule has 0 aliphatic carbocycles. The molecule has 1 aromatic carbocycles. The maximum absolute atomic E-state index is 11.9. The molecule has 1 aliphatic heterocycles. The summed E-state index contributed by atoms with van der Waals surface area (Å²) in [6.45, 7) is 0.980. The van der Waals surface area contributed by atoms with Gasteiger partial charge < -0.3 is 14.7 Å². The molecule has 0 saturated carbocycles. The van der Waals surface area contributed by atoms with Crippen molar-refractivity contribution < 1.29 is 14.6 Å². The monoisotopic (exact) mass is 249 g/mol. The lowest BCUT2D eigenvalue weighted by molar-refractivity contribution is 0.0499. The second-order valence-corrected chi connectivity index (χ2v) is 4.57. The molecule has 1 amide bonds. The minimum atomic E-state index is -0.322. The first kappa shape index (κ1) is 12.9. The Labute approximate surface area is 107 Å². The van der Waals surface area contributed by atoms with Crippen LogP contribution in [0.4, 0.5) is 4.79 Å². The van der Waals surface area contributed by atoms with E-state index in [2.05, 4.69) is 0 Å². The van der Waals surface area contributed by atoms with Crippen molar-refractivity contribution in [3.8, 4) is 0 Å². The number of ether oxygens (including phenoxy) is 1. The third-order valence-electron chi connectivity index (χ3n) is 3.28. The first-order valence-electron chi connectivity index (χ1n) is 6.39. The number of carbonyl (C=O) groups excluding carboxylic acids is 1. The lowest BCUT2D eigenvalue weighted by atomic mass is 10.0. The topological polar surface area (TPSA) is 49.8 Å². The molecule has 0 radical (unpaired) electrons. The first-order chi connectivity index (χ1) is 8.81. The Bertz CT molecular complexity index is 380. The number of aliphatic hydroxyl groups is 1. The van der Waals surface area contributed by atoms with Crippen molar-refractivity contribution in [1.82, 2.24) is 4.90 Å². The summed E-state index contributed by atoms with van der Waals surface area (Å²) in [7, 11) is 0. The van der Waals surface area contributed by atoms with Gasteiger partial charge in [-0.05, 0) is 24.8 Å². The van der Waals surface area contributed by atoms with Gasteiger partial charge in [0.05, 0.1) is 12.6 Å². The van der Waals surface area contributed by atoms with Crippen molar-refractivity contribution in [3.63, 3.8) is 0 Å². The Hall–Kier alpha value is -1.55. The van der Waals surface area contributed by atoms with Crippen LogP contribution in [-0.2, 0) is 11.3 Å². The van der Waals surface area contributed by atoms with Crippen molar-refractivity contribution in [2.45, 2.75) is 31.9 Å². The van der Waals surface area contributed by atoms with Gasteiger partial charge in [0.25, 0.3) is 0 Å². The van der Waals surface area contributed by atoms with Gasteiger partial charge >= 0.3 is 6.09 Å². The molecule has 1 N–H and O–H groups in total. The number of piperidine rings is 1. The molecule has 4 nitrogen and oxygen atoms in total. The molecule has 1 saturated heterocycles. The Morgan fingerprint density at radius 2 is 2.11 bits per heavy atom. The first-order valence-corrected chi connectivity index (χ1v) is 6.39. The Kier molecular flexibility index (Phi) is 4.59. The molecule has 0 bridgehead atoms. The summed E-state index contributed by atoms with van der Waals surface area (Å²) in [4.78, 5) is 13.6. The number of amides is 1. The smallest absolute Gasteiger partial charge is 0.410 e. The Morgan fingerprint density at radius 1 is 1.33 bits per heavy atom. The van der Waals surface area contributed by atoms with Crippen LogP contribution in [0.15, 0.2) is 30.3 Å². The second kappa shape index (κ2) is 6.40. The van der Waals surface area contributed by atoms with Gasteiger partial charge in [-0.15, -0.1) is 0 Å². The summed E-state index contributed by atoms with van der Waals surface area (Å²) >= 11 is 0. The molecule has 0 aromatic heterocycles. The number of rotatable bonds is 3. The van der Waals surface area contributed by atoms with E-state index in [-0.39, 0.29) is 25.3 Å².